The van der Waals surface area contributed by atoms with Crippen LogP contribution in [-0.4, -0.2) is 22.9 Å². The lowest BCUT2D eigenvalue weighted by atomic mass is 10.2. The van der Waals surface area contributed by atoms with Crippen molar-refractivity contribution in [3.63, 3.8) is 0 Å². The topological polar surface area (TPSA) is 29.9 Å². The molecule has 16 heavy (non-hydrogen) atoms. The fourth-order valence-corrected chi connectivity index (χ4v) is 1.79. The molecule has 0 saturated heterocycles. The van der Waals surface area contributed by atoms with Crippen molar-refractivity contribution < 1.29 is 0 Å². The van der Waals surface area contributed by atoms with Crippen LogP contribution < -0.4 is 5.32 Å². The zero-order valence-corrected chi connectivity index (χ0v) is 10.7. The van der Waals surface area contributed by atoms with Crippen LogP contribution in [0.2, 0.25) is 0 Å². The molecule has 0 bridgehead atoms. The summed E-state index contributed by atoms with van der Waals surface area (Å²) < 4.78 is 2.15. The molecule has 0 saturated carbocycles. The molecule has 1 N–H and O–H groups in total. The number of aromatic nitrogens is 2. The molecule has 90 valence electrons. The normalized spacial score (nSPS) is 12.7. The molecule has 1 atom stereocenters. The van der Waals surface area contributed by atoms with Crippen LogP contribution in [0, 0.1) is 0 Å². The highest BCUT2D eigenvalue weighted by Crippen LogP contribution is 2.12. The number of nitrogens with zero attached hydrogens (tertiary/aromatic N) is 2. The zero-order valence-electron chi connectivity index (χ0n) is 10.7. The summed E-state index contributed by atoms with van der Waals surface area (Å²) in [6.45, 7) is 12.0. The van der Waals surface area contributed by atoms with E-state index in [1.165, 1.54) is 11.4 Å². The molecule has 0 aromatic carbocycles. The van der Waals surface area contributed by atoms with Gasteiger partial charge in [-0.15, -0.1) is 6.58 Å². The molecule has 0 aliphatic rings. The Morgan fingerprint density at radius 3 is 2.81 bits per heavy atom. The smallest absolute Gasteiger partial charge is 0.0624 e. The quantitative estimate of drug-likeness (QED) is 0.566. The Kier molecular flexibility index (Phi) is 5.26. The van der Waals surface area contributed by atoms with Gasteiger partial charge in [0.25, 0.3) is 0 Å². The van der Waals surface area contributed by atoms with E-state index >= 15 is 0 Å². The van der Waals surface area contributed by atoms with Gasteiger partial charge in [0.05, 0.1) is 11.7 Å². The predicted octanol–water partition coefficient (Wildman–Crippen LogP) is 2.34. The molecule has 0 aliphatic carbocycles. The standard InChI is InChI=1S/C13H23N3/c1-5-8-14-10-11(4)16-13(7-3)9-12(6-2)15-16/h5,9,11,14H,1,6-8,10H2,2-4H3. The summed E-state index contributed by atoms with van der Waals surface area (Å²) in [6, 6.07) is 2.61. The summed E-state index contributed by atoms with van der Waals surface area (Å²) in [5.74, 6) is 0. The summed E-state index contributed by atoms with van der Waals surface area (Å²) >= 11 is 0. The van der Waals surface area contributed by atoms with Gasteiger partial charge < -0.3 is 5.32 Å². The molecule has 0 radical (unpaired) electrons. The average Bonchev–Trinajstić information content (AvgIpc) is 2.72. The SMILES string of the molecule is C=CCNCC(C)n1nc(CC)cc1CC. The van der Waals surface area contributed by atoms with E-state index in [0.717, 1.165) is 25.9 Å². The van der Waals surface area contributed by atoms with Gasteiger partial charge in [0, 0.05) is 18.8 Å². The van der Waals surface area contributed by atoms with Crippen molar-refractivity contribution in [3.8, 4) is 0 Å². The largest absolute Gasteiger partial charge is 0.311 e. The third-order valence-corrected chi connectivity index (χ3v) is 2.73. The molecule has 3 heteroatoms. The van der Waals surface area contributed by atoms with Crippen LogP contribution in [-0.2, 0) is 12.8 Å². The van der Waals surface area contributed by atoms with E-state index in [-0.39, 0.29) is 0 Å². The van der Waals surface area contributed by atoms with Gasteiger partial charge in [0.15, 0.2) is 0 Å². The minimum Gasteiger partial charge on any atom is -0.311 e. The van der Waals surface area contributed by atoms with Crippen LogP contribution >= 0.6 is 0 Å². The minimum atomic E-state index is 0.398. The van der Waals surface area contributed by atoms with Crippen LogP contribution in [0.3, 0.4) is 0 Å². The van der Waals surface area contributed by atoms with Crippen molar-refractivity contribution in [2.24, 2.45) is 0 Å². The lowest BCUT2D eigenvalue weighted by Gasteiger charge is -2.15. The molecule has 1 heterocycles. The Morgan fingerprint density at radius 1 is 1.50 bits per heavy atom. The zero-order chi connectivity index (χ0) is 12.0. The highest BCUT2D eigenvalue weighted by Gasteiger charge is 2.10. The lowest BCUT2D eigenvalue weighted by Crippen LogP contribution is -2.25. The maximum Gasteiger partial charge on any atom is 0.0624 e. The molecule has 0 spiro atoms. The highest BCUT2D eigenvalue weighted by molar-refractivity contribution is 5.11. The molecule has 1 aromatic heterocycles. The van der Waals surface area contributed by atoms with Crippen molar-refractivity contribution in [2.45, 2.75) is 39.7 Å². The van der Waals surface area contributed by atoms with E-state index in [4.69, 9.17) is 0 Å². The van der Waals surface area contributed by atoms with Gasteiger partial charge in [-0.05, 0) is 25.8 Å². The third kappa shape index (κ3) is 3.20. The molecular formula is C13H23N3. The molecule has 3 nitrogen and oxygen atoms in total. The predicted molar refractivity (Wildman–Crippen MR) is 68.8 cm³/mol. The van der Waals surface area contributed by atoms with Gasteiger partial charge in [-0.2, -0.15) is 5.10 Å². The summed E-state index contributed by atoms with van der Waals surface area (Å²) in [5, 5.41) is 7.96. The van der Waals surface area contributed by atoms with Gasteiger partial charge in [0.2, 0.25) is 0 Å². The van der Waals surface area contributed by atoms with Crippen LogP contribution in [0.5, 0.6) is 0 Å². The third-order valence-electron chi connectivity index (χ3n) is 2.73. The first-order valence-electron chi connectivity index (χ1n) is 6.11. The van der Waals surface area contributed by atoms with Crippen LogP contribution in [0.15, 0.2) is 18.7 Å². The Morgan fingerprint density at radius 2 is 2.25 bits per heavy atom. The van der Waals surface area contributed by atoms with Crippen molar-refractivity contribution in [1.29, 1.82) is 0 Å². The summed E-state index contributed by atoms with van der Waals surface area (Å²) in [6.07, 6.45) is 3.93. The Bertz CT molecular complexity index is 328. The van der Waals surface area contributed by atoms with Gasteiger partial charge in [-0.25, -0.2) is 0 Å². The first kappa shape index (κ1) is 13.0. The van der Waals surface area contributed by atoms with Gasteiger partial charge in [0.1, 0.15) is 0 Å². The molecule has 1 rings (SSSR count). The number of hydrogen-bond acceptors (Lipinski definition) is 2. The molecule has 0 fully saturated rings. The second-order valence-electron chi connectivity index (χ2n) is 4.07. The highest BCUT2D eigenvalue weighted by atomic mass is 15.3. The molecule has 0 aliphatic heterocycles. The summed E-state index contributed by atoms with van der Waals surface area (Å²) in [5.41, 5.74) is 2.51. The van der Waals surface area contributed by atoms with Crippen molar-refractivity contribution in [1.82, 2.24) is 15.1 Å². The summed E-state index contributed by atoms with van der Waals surface area (Å²) in [4.78, 5) is 0. The van der Waals surface area contributed by atoms with Gasteiger partial charge >= 0.3 is 0 Å². The minimum absolute atomic E-state index is 0.398. The monoisotopic (exact) mass is 221 g/mol. The fourth-order valence-electron chi connectivity index (χ4n) is 1.79. The Labute approximate surface area is 98.5 Å². The van der Waals surface area contributed by atoms with Crippen molar-refractivity contribution >= 4 is 0 Å². The number of rotatable bonds is 7. The lowest BCUT2D eigenvalue weighted by molar-refractivity contribution is 0.447. The van der Waals surface area contributed by atoms with Crippen molar-refractivity contribution in [3.05, 3.63) is 30.1 Å². The van der Waals surface area contributed by atoms with E-state index in [9.17, 15) is 0 Å². The molecule has 1 unspecified atom stereocenters. The maximum atomic E-state index is 4.63. The molecule has 0 amide bonds. The van der Waals surface area contributed by atoms with Crippen LogP contribution in [0.25, 0.3) is 0 Å². The van der Waals surface area contributed by atoms with Crippen LogP contribution in [0.1, 0.15) is 38.2 Å². The first-order valence-corrected chi connectivity index (χ1v) is 6.11. The Balaban J connectivity index is 2.68. The average molecular weight is 221 g/mol. The molecule has 1 aromatic rings. The van der Waals surface area contributed by atoms with E-state index in [1.54, 1.807) is 0 Å². The fraction of sp³-hybridized carbons (Fsp3) is 0.615. The maximum absolute atomic E-state index is 4.63. The number of hydrogen-bond donors (Lipinski definition) is 1. The van der Waals surface area contributed by atoms with E-state index in [2.05, 4.69) is 48.5 Å². The van der Waals surface area contributed by atoms with E-state index < -0.39 is 0 Å². The Hall–Kier alpha value is -1.09. The van der Waals surface area contributed by atoms with E-state index in [0.29, 0.717) is 6.04 Å². The second-order valence-corrected chi connectivity index (χ2v) is 4.07. The molecular weight excluding hydrogens is 198 g/mol. The number of nitrogens with one attached hydrogen (secondary N) is 1. The second kappa shape index (κ2) is 6.48. The van der Waals surface area contributed by atoms with E-state index in [1.807, 2.05) is 6.08 Å². The first-order chi connectivity index (χ1) is 7.72. The van der Waals surface area contributed by atoms with Gasteiger partial charge in [-0.1, -0.05) is 19.9 Å². The van der Waals surface area contributed by atoms with Gasteiger partial charge in [-0.3, -0.25) is 4.68 Å². The van der Waals surface area contributed by atoms with Crippen LogP contribution in [0.4, 0.5) is 0 Å². The number of aryl methyl sites for hydroxylation is 2. The summed E-state index contributed by atoms with van der Waals surface area (Å²) in [7, 11) is 0. The van der Waals surface area contributed by atoms with Crippen molar-refractivity contribution in [2.75, 3.05) is 13.1 Å².